The van der Waals surface area contributed by atoms with Crippen molar-refractivity contribution >= 4 is 17.5 Å². The van der Waals surface area contributed by atoms with Crippen LogP contribution in [0.4, 0.5) is 0 Å². The molecule has 1 saturated heterocycles. The van der Waals surface area contributed by atoms with Gasteiger partial charge in [0, 0.05) is 43.3 Å². The fraction of sp³-hybridized carbons (Fsp3) is 0.333. The van der Waals surface area contributed by atoms with Crippen LogP contribution in [0.25, 0.3) is 0 Å². The Labute approximate surface area is 128 Å². The molecule has 21 heavy (non-hydrogen) atoms. The van der Waals surface area contributed by atoms with E-state index in [9.17, 15) is 4.79 Å². The van der Waals surface area contributed by atoms with E-state index >= 15 is 0 Å². The van der Waals surface area contributed by atoms with Crippen molar-refractivity contribution in [1.29, 1.82) is 0 Å². The smallest absolute Gasteiger partial charge is 0.255 e. The van der Waals surface area contributed by atoms with Gasteiger partial charge in [0.2, 0.25) is 0 Å². The first-order valence-electron chi connectivity index (χ1n) is 6.90. The van der Waals surface area contributed by atoms with Gasteiger partial charge in [0.1, 0.15) is 6.33 Å². The summed E-state index contributed by atoms with van der Waals surface area (Å²) in [6, 6.07) is 3.57. The zero-order valence-corrected chi connectivity index (χ0v) is 12.2. The highest BCUT2D eigenvalue weighted by atomic mass is 35.5. The Morgan fingerprint density at radius 2 is 2.24 bits per heavy atom. The van der Waals surface area contributed by atoms with E-state index in [1.165, 1.54) is 6.20 Å². The van der Waals surface area contributed by atoms with Gasteiger partial charge in [-0.15, -0.1) is 0 Å². The molecule has 3 rings (SSSR count). The predicted molar refractivity (Wildman–Crippen MR) is 79.2 cm³/mol. The van der Waals surface area contributed by atoms with E-state index in [0.717, 1.165) is 25.1 Å². The molecule has 1 fully saturated rings. The molecule has 0 bridgehead atoms. The van der Waals surface area contributed by atoms with Gasteiger partial charge in [0.15, 0.2) is 0 Å². The quantitative estimate of drug-likeness (QED) is 0.855. The zero-order chi connectivity index (χ0) is 14.7. The highest BCUT2D eigenvalue weighted by Gasteiger charge is 2.26. The van der Waals surface area contributed by atoms with Crippen molar-refractivity contribution < 1.29 is 4.79 Å². The molecule has 2 aromatic heterocycles. The molecule has 108 valence electrons. The van der Waals surface area contributed by atoms with Crippen LogP contribution in [0.1, 0.15) is 34.8 Å². The van der Waals surface area contributed by atoms with Crippen molar-refractivity contribution in [3.8, 4) is 0 Å². The van der Waals surface area contributed by atoms with E-state index in [1.807, 2.05) is 11.0 Å². The van der Waals surface area contributed by atoms with Crippen molar-refractivity contribution in [2.45, 2.75) is 18.8 Å². The Balaban J connectivity index is 1.75. The van der Waals surface area contributed by atoms with Gasteiger partial charge < -0.3 is 4.90 Å². The van der Waals surface area contributed by atoms with Gasteiger partial charge in [-0.25, -0.2) is 9.97 Å². The number of piperidine rings is 1. The van der Waals surface area contributed by atoms with E-state index in [2.05, 4.69) is 15.0 Å². The lowest BCUT2D eigenvalue weighted by Crippen LogP contribution is -2.39. The second-order valence-electron chi connectivity index (χ2n) is 5.12. The summed E-state index contributed by atoms with van der Waals surface area (Å²) in [4.78, 5) is 26.6. The number of pyridine rings is 1. The number of halogens is 1. The highest BCUT2D eigenvalue weighted by molar-refractivity contribution is 6.30. The number of hydrogen-bond acceptors (Lipinski definition) is 4. The summed E-state index contributed by atoms with van der Waals surface area (Å²) in [6.07, 6.45) is 8.38. The minimum absolute atomic E-state index is 0.0243. The van der Waals surface area contributed by atoms with E-state index in [0.29, 0.717) is 17.1 Å². The number of hydrogen-bond donors (Lipinski definition) is 0. The fourth-order valence-electron chi connectivity index (χ4n) is 2.66. The van der Waals surface area contributed by atoms with Crippen molar-refractivity contribution in [3.05, 3.63) is 53.3 Å². The summed E-state index contributed by atoms with van der Waals surface area (Å²) in [5, 5.41) is 0.477. The summed E-state index contributed by atoms with van der Waals surface area (Å²) in [7, 11) is 0. The molecule has 1 aliphatic rings. The Morgan fingerprint density at radius 3 is 3.00 bits per heavy atom. The molecule has 6 heteroatoms. The van der Waals surface area contributed by atoms with Crippen LogP contribution in [-0.4, -0.2) is 38.8 Å². The van der Waals surface area contributed by atoms with E-state index < -0.39 is 0 Å². The Kier molecular flexibility index (Phi) is 4.10. The molecule has 1 atom stereocenters. The molecule has 1 unspecified atom stereocenters. The maximum Gasteiger partial charge on any atom is 0.255 e. The monoisotopic (exact) mass is 302 g/mol. The first-order valence-corrected chi connectivity index (χ1v) is 7.27. The van der Waals surface area contributed by atoms with Crippen molar-refractivity contribution in [3.63, 3.8) is 0 Å². The third kappa shape index (κ3) is 3.19. The lowest BCUT2D eigenvalue weighted by Gasteiger charge is -2.32. The molecule has 0 N–H and O–H groups in total. The maximum absolute atomic E-state index is 12.5. The summed E-state index contributed by atoms with van der Waals surface area (Å²) in [6.45, 7) is 1.43. The van der Waals surface area contributed by atoms with Gasteiger partial charge in [-0.05, 0) is 25.0 Å². The molecule has 0 aliphatic carbocycles. The Morgan fingerprint density at radius 1 is 1.33 bits per heavy atom. The highest BCUT2D eigenvalue weighted by Crippen LogP contribution is 2.26. The predicted octanol–water partition coefficient (Wildman–Crippen LogP) is 2.54. The lowest BCUT2D eigenvalue weighted by atomic mass is 9.94. The molecule has 3 heterocycles. The van der Waals surface area contributed by atoms with Crippen LogP contribution in [0, 0.1) is 0 Å². The van der Waals surface area contributed by atoms with Crippen LogP contribution in [0.3, 0.4) is 0 Å². The molecule has 0 radical (unpaired) electrons. The normalized spacial score (nSPS) is 18.5. The summed E-state index contributed by atoms with van der Waals surface area (Å²) in [5.41, 5.74) is 1.53. The number of amides is 1. The molecule has 0 saturated carbocycles. The lowest BCUT2D eigenvalue weighted by molar-refractivity contribution is 0.0705. The molecular formula is C15H15ClN4O. The minimum atomic E-state index is -0.0243. The third-order valence-corrected chi connectivity index (χ3v) is 3.89. The average Bonchev–Trinajstić information content (AvgIpc) is 2.55. The van der Waals surface area contributed by atoms with Gasteiger partial charge >= 0.3 is 0 Å². The third-order valence-electron chi connectivity index (χ3n) is 3.68. The molecule has 0 spiro atoms. The summed E-state index contributed by atoms with van der Waals surface area (Å²) < 4.78 is 0. The first-order chi connectivity index (χ1) is 10.2. The number of rotatable bonds is 2. The van der Waals surface area contributed by atoms with E-state index in [-0.39, 0.29) is 11.8 Å². The van der Waals surface area contributed by atoms with Gasteiger partial charge in [0.25, 0.3) is 5.91 Å². The number of aromatic nitrogens is 3. The Bertz CT molecular complexity index is 635. The first kappa shape index (κ1) is 13.9. The zero-order valence-electron chi connectivity index (χ0n) is 11.4. The number of carbonyl (C=O) groups is 1. The average molecular weight is 303 g/mol. The molecular weight excluding hydrogens is 288 g/mol. The number of nitrogens with zero attached hydrogens (tertiary/aromatic N) is 4. The molecule has 5 nitrogen and oxygen atoms in total. The molecule has 2 aromatic rings. The van der Waals surface area contributed by atoms with Crippen LogP contribution in [0.2, 0.25) is 5.02 Å². The van der Waals surface area contributed by atoms with Crippen molar-refractivity contribution in [2.75, 3.05) is 13.1 Å². The Hall–Kier alpha value is -2.01. The van der Waals surface area contributed by atoms with Crippen LogP contribution in [-0.2, 0) is 0 Å². The van der Waals surface area contributed by atoms with Gasteiger partial charge in [-0.2, -0.15) is 0 Å². The van der Waals surface area contributed by atoms with Crippen LogP contribution >= 0.6 is 11.6 Å². The molecule has 1 amide bonds. The van der Waals surface area contributed by atoms with Gasteiger partial charge in [-0.1, -0.05) is 11.6 Å². The number of likely N-dealkylation sites (tertiary alicyclic amines) is 1. The topological polar surface area (TPSA) is 59.0 Å². The maximum atomic E-state index is 12.5. The SMILES string of the molecule is O=C(c1cncc(Cl)c1)N1CCCC(c2ccncn2)C1. The van der Waals surface area contributed by atoms with Crippen molar-refractivity contribution in [2.24, 2.45) is 0 Å². The van der Waals surface area contributed by atoms with Crippen molar-refractivity contribution in [1.82, 2.24) is 19.9 Å². The van der Waals surface area contributed by atoms with Gasteiger partial charge in [-0.3, -0.25) is 9.78 Å². The fourth-order valence-corrected chi connectivity index (χ4v) is 2.83. The summed E-state index contributed by atoms with van der Waals surface area (Å²) in [5.74, 6) is 0.238. The van der Waals surface area contributed by atoms with E-state index in [4.69, 9.17) is 11.6 Å². The second kappa shape index (κ2) is 6.18. The standard InChI is InChI=1S/C15H15ClN4O/c16-13-6-12(7-18-8-13)15(21)20-5-1-2-11(9-20)14-3-4-17-10-19-14/h3-4,6-8,10-11H,1-2,5,9H2. The largest absolute Gasteiger partial charge is 0.338 e. The van der Waals surface area contributed by atoms with Crippen LogP contribution in [0.15, 0.2) is 37.1 Å². The molecule has 1 aliphatic heterocycles. The second-order valence-corrected chi connectivity index (χ2v) is 5.55. The van der Waals surface area contributed by atoms with Gasteiger partial charge in [0.05, 0.1) is 10.6 Å². The van der Waals surface area contributed by atoms with Crippen LogP contribution < -0.4 is 0 Å². The van der Waals surface area contributed by atoms with E-state index in [1.54, 1.807) is 24.8 Å². The number of carbonyl (C=O) groups excluding carboxylic acids is 1. The molecule has 0 aromatic carbocycles. The van der Waals surface area contributed by atoms with Crippen LogP contribution in [0.5, 0.6) is 0 Å². The minimum Gasteiger partial charge on any atom is -0.338 e. The summed E-state index contributed by atoms with van der Waals surface area (Å²) >= 11 is 5.90.